The van der Waals surface area contributed by atoms with Gasteiger partial charge in [-0.2, -0.15) is 0 Å². The second-order valence-corrected chi connectivity index (χ2v) is 3.79. The van der Waals surface area contributed by atoms with Crippen LogP contribution in [0, 0.1) is 13.8 Å². The molecule has 1 amide bonds. The Labute approximate surface area is 98.1 Å². The van der Waals surface area contributed by atoms with Gasteiger partial charge in [-0.25, -0.2) is 0 Å². The fourth-order valence-corrected chi connectivity index (χ4v) is 1.45. The molecule has 0 saturated heterocycles. The van der Waals surface area contributed by atoms with Crippen LogP contribution in [0.3, 0.4) is 0 Å². The zero-order valence-corrected chi connectivity index (χ0v) is 9.52. The summed E-state index contributed by atoms with van der Waals surface area (Å²) in [4.78, 5) is 11.7. The van der Waals surface area contributed by atoms with Crippen molar-refractivity contribution < 1.29 is 14.4 Å². The number of rotatable bonds is 2. The van der Waals surface area contributed by atoms with Crippen LogP contribution in [-0.4, -0.2) is 16.2 Å². The molecule has 0 atom stereocenters. The van der Waals surface area contributed by atoms with Gasteiger partial charge in [0.1, 0.15) is 12.0 Å². The van der Waals surface area contributed by atoms with Crippen LogP contribution in [-0.2, 0) is 0 Å². The number of aromatic nitrogens is 1. The predicted molar refractivity (Wildman–Crippen MR) is 62.0 cm³/mol. The molecule has 0 aliphatic heterocycles. The predicted octanol–water partition coefficient (Wildman–Crippen LogP) is 2.25. The van der Waals surface area contributed by atoms with E-state index < -0.39 is 0 Å². The number of phenolic OH excluding ortho intramolecular Hbond substituents is 1. The highest BCUT2D eigenvalue weighted by molar-refractivity contribution is 6.03. The smallest absolute Gasteiger partial charge is 0.277 e. The van der Waals surface area contributed by atoms with E-state index in [2.05, 4.69) is 15.0 Å². The Hall–Kier alpha value is -2.30. The van der Waals surface area contributed by atoms with Crippen molar-refractivity contribution in [2.75, 3.05) is 5.32 Å². The molecule has 0 unspecified atom stereocenters. The minimum atomic E-state index is -0.341. The molecule has 0 radical (unpaired) electrons. The zero-order valence-electron chi connectivity index (χ0n) is 9.52. The molecule has 5 nitrogen and oxygen atoms in total. The normalized spacial score (nSPS) is 10.2. The molecule has 2 N–H and O–H groups in total. The van der Waals surface area contributed by atoms with Crippen molar-refractivity contribution in [3.63, 3.8) is 0 Å². The highest BCUT2D eigenvalue weighted by Gasteiger charge is 2.11. The summed E-state index contributed by atoms with van der Waals surface area (Å²) in [6, 6.07) is 4.80. The summed E-state index contributed by atoms with van der Waals surface area (Å²) in [6.07, 6.45) is 1.34. The maximum Gasteiger partial charge on any atom is 0.277 e. The first-order chi connectivity index (χ1) is 8.08. The quantitative estimate of drug-likeness (QED) is 0.778. The van der Waals surface area contributed by atoms with Crippen molar-refractivity contribution >= 4 is 11.6 Å². The molecule has 0 aliphatic carbocycles. The third kappa shape index (κ3) is 2.28. The lowest BCUT2D eigenvalue weighted by atomic mass is 10.1. The number of aromatic hydroxyl groups is 1. The van der Waals surface area contributed by atoms with Gasteiger partial charge in [0.2, 0.25) is 0 Å². The molecule has 0 fully saturated rings. The lowest BCUT2D eigenvalue weighted by molar-refractivity contribution is 0.101. The van der Waals surface area contributed by atoms with Crippen molar-refractivity contribution in [3.05, 3.63) is 41.3 Å². The van der Waals surface area contributed by atoms with Crippen molar-refractivity contribution in [1.29, 1.82) is 0 Å². The Kier molecular flexibility index (Phi) is 2.82. The van der Waals surface area contributed by atoms with Gasteiger partial charge in [-0.1, -0.05) is 5.16 Å². The summed E-state index contributed by atoms with van der Waals surface area (Å²) in [6.45, 7) is 3.57. The van der Waals surface area contributed by atoms with Gasteiger partial charge in [0, 0.05) is 11.8 Å². The monoisotopic (exact) mass is 232 g/mol. The van der Waals surface area contributed by atoms with Gasteiger partial charge in [-0.3, -0.25) is 4.79 Å². The molecule has 5 heteroatoms. The Morgan fingerprint density at radius 2 is 2.12 bits per heavy atom. The Morgan fingerprint density at radius 1 is 1.35 bits per heavy atom. The second-order valence-electron chi connectivity index (χ2n) is 3.79. The van der Waals surface area contributed by atoms with Gasteiger partial charge < -0.3 is 14.9 Å². The molecular weight excluding hydrogens is 220 g/mol. The third-order valence-electron chi connectivity index (χ3n) is 2.46. The van der Waals surface area contributed by atoms with Crippen LogP contribution in [0.15, 0.2) is 29.0 Å². The number of hydrogen-bond donors (Lipinski definition) is 2. The largest absolute Gasteiger partial charge is 0.508 e. The maximum atomic E-state index is 11.7. The molecule has 17 heavy (non-hydrogen) atoms. The third-order valence-corrected chi connectivity index (χ3v) is 2.46. The van der Waals surface area contributed by atoms with Crippen LogP contribution in [0.4, 0.5) is 5.69 Å². The van der Waals surface area contributed by atoms with Gasteiger partial charge in [0.25, 0.3) is 5.91 Å². The Morgan fingerprint density at radius 3 is 2.76 bits per heavy atom. The van der Waals surface area contributed by atoms with Crippen LogP contribution in [0.1, 0.15) is 21.6 Å². The Bertz CT molecular complexity index is 547. The molecule has 0 aliphatic rings. The lowest BCUT2D eigenvalue weighted by Crippen LogP contribution is -2.13. The number of carbonyl (C=O) groups is 1. The van der Waals surface area contributed by atoms with E-state index in [4.69, 9.17) is 0 Å². The van der Waals surface area contributed by atoms with Crippen LogP contribution in [0.2, 0.25) is 0 Å². The number of anilines is 1. The van der Waals surface area contributed by atoms with Crippen molar-refractivity contribution in [1.82, 2.24) is 5.16 Å². The number of carbonyl (C=O) groups excluding carboxylic acids is 1. The van der Waals surface area contributed by atoms with Gasteiger partial charge >= 0.3 is 0 Å². The molecule has 1 aromatic heterocycles. The summed E-state index contributed by atoms with van der Waals surface area (Å²) in [5, 5.41) is 15.8. The number of benzene rings is 1. The number of phenols is 1. The summed E-state index contributed by atoms with van der Waals surface area (Å²) >= 11 is 0. The number of aryl methyl sites for hydroxylation is 2. The lowest BCUT2D eigenvalue weighted by Gasteiger charge is -2.09. The SMILES string of the molecule is Cc1cc(NC(=O)c2ccon2)c(C)cc1O. The van der Waals surface area contributed by atoms with E-state index in [1.54, 1.807) is 26.0 Å². The topological polar surface area (TPSA) is 75.4 Å². The van der Waals surface area contributed by atoms with Crippen molar-refractivity contribution in [2.45, 2.75) is 13.8 Å². The van der Waals surface area contributed by atoms with Crippen LogP contribution < -0.4 is 5.32 Å². The number of nitrogens with zero attached hydrogens (tertiary/aromatic N) is 1. The molecule has 0 bridgehead atoms. The number of amides is 1. The van der Waals surface area contributed by atoms with Crippen LogP contribution in [0.5, 0.6) is 5.75 Å². The van der Waals surface area contributed by atoms with E-state index in [-0.39, 0.29) is 17.4 Å². The summed E-state index contributed by atoms with van der Waals surface area (Å²) in [7, 11) is 0. The minimum absolute atomic E-state index is 0.210. The molecule has 0 spiro atoms. The summed E-state index contributed by atoms with van der Waals surface area (Å²) in [5.74, 6) is -0.131. The minimum Gasteiger partial charge on any atom is -0.508 e. The molecule has 1 heterocycles. The molecule has 88 valence electrons. The zero-order chi connectivity index (χ0) is 12.4. The van der Waals surface area contributed by atoms with Crippen molar-refractivity contribution in [3.8, 4) is 5.75 Å². The van der Waals surface area contributed by atoms with Gasteiger partial charge in [0.15, 0.2) is 5.69 Å². The first-order valence-corrected chi connectivity index (χ1v) is 5.10. The number of nitrogens with one attached hydrogen (secondary N) is 1. The summed E-state index contributed by atoms with van der Waals surface area (Å²) < 4.78 is 4.60. The second kappa shape index (κ2) is 4.29. The fourth-order valence-electron chi connectivity index (χ4n) is 1.45. The fraction of sp³-hybridized carbons (Fsp3) is 0.167. The van der Waals surface area contributed by atoms with E-state index in [1.807, 2.05) is 0 Å². The molecule has 2 aromatic rings. The van der Waals surface area contributed by atoms with Crippen LogP contribution >= 0.6 is 0 Å². The van der Waals surface area contributed by atoms with Crippen molar-refractivity contribution in [2.24, 2.45) is 0 Å². The van der Waals surface area contributed by atoms with E-state index in [0.717, 1.165) is 5.56 Å². The first kappa shape index (κ1) is 11.2. The van der Waals surface area contributed by atoms with E-state index in [9.17, 15) is 9.90 Å². The summed E-state index contributed by atoms with van der Waals surface area (Å²) in [5.41, 5.74) is 2.35. The van der Waals surface area contributed by atoms with Crippen LogP contribution in [0.25, 0.3) is 0 Å². The molecule has 2 rings (SSSR count). The van der Waals surface area contributed by atoms with E-state index in [1.165, 1.54) is 12.3 Å². The van der Waals surface area contributed by atoms with Gasteiger partial charge in [-0.15, -0.1) is 0 Å². The van der Waals surface area contributed by atoms with E-state index >= 15 is 0 Å². The highest BCUT2D eigenvalue weighted by Crippen LogP contribution is 2.25. The number of hydrogen-bond acceptors (Lipinski definition) is 4. The standard InChI is InChI=1S/C12H12N2O3/c1-7-6-11(15)8(2)5-10(7)13-12(16)9-3-4-17-14-9/h3-6,15H,1-2H3,(H,13,16). The Balaban J connectivity index is 2.25. The highest BCUT2D eigenvalue weighted by atomic mass is 16.5. The molecular formula is C12H12N2O3. The van der Waals surface area contributed by atoms with E-state index in [0.29, 0.717) is 11.3 Å². The maximum absolute atomic E-state index is 11.7. The first-order valence-electron chi connectivity index (χ1n) is 5.10. The van der Waals surface area contributed by atoms with Gasteiger partial charge in [0.05, 0.1) is 0 Å². The molecule has 1 aromatic carbocycles. The average Bonchev–Trinajstić information content (AvgIpc) is 2.79. The molecule has 0 saturated carbocycles. The van der Waals surface area contributed by atoms with Gasteiger partial charge in [-0.05, 0) is 37.1 Å². The average molecular weight is 232 g/mol.